The van der Waals surface area contributed by atoms with Crippen molar-refractivity contribution in [3.63, 3.8) is 0 Å². The molecule has 0 heterocycles. The second kappa shape index (κ2) is 4.75. The van der Waals surface area contributed by atoms with E-state index in [9.17, 15) is 18.0 Å². The third-order valence-electron chi connectivity index (χ3n) is 3.34. The van der Waals surface area contributed by atoms with Gasteiger partial charge in [-0.05, 0) is 49.4 Å². The van der Waals surface area contributed by atoms with Crippen LogP contribution in [0.25, 0.3) is 0 Å². The fourth-order valence-electron chi connectivity index (χ4n) is 2.02. The number of alkyl halides is 3. The summed E-state index contributed by atoms with van der Waals surface area (Å²) in [4.78, 5) is 11.5. The zero-order valence-corrected chi connectivity index (χ0v) is 10.2. The molecule has 18 heavy (non-hydrogen) atoms. The zero-order valence-electron chi connectivity index (χ0n) is 10.2. The molecule has 0 atom stereocenters. The second-order valence-corrected chi connectivity index (χ2v) is 4.88. The molecule has 0 amide bonds. The molecular formula is C14H15F3O. The molecule has 0 N–H and O–H groups in total. The van der Waals surface area contributed by atoms with Gasteiger partial charge >= 0.3 is 6.18 Å². The van der Waals surface area contributed by atoms with Crippen LogP contribution in [0.1, 0.15) is 36.0 Å². The Kier molecular flexibility index (Phi) is 3.46. The Morgan fingerprint density at radius 3 is 2.50 bits per heavy atom. The molecule has 0 unspecified atom stereocenters. The largest absolute Gasteiger partial charge is 0.416 e. The summed E-state index contributed by atoms with van der Waals surface area (Å²) in [6, 6.07) is 3.72. The summed E-state index contributed by atoms with van der Waals surface area (Å²) < 4.78 is 37.4. The number of Topliss-reactive ketones (excluding diaryl/α,β-unsaturated/α-hetero) is 1. The third kappa shape index (κ3) is 3.12. The summed E-state index contributed by atoms with van der Waals surface area (Å²) in [5, 5.41) is 0. The Morgan fingerprint density at radius 2 is 2.00 bits per heavy atom. The van der Waals surface area contributed by atoms with E-state index >= 15 is 0 Å². The predicted molar refractivity (Wildman–Crippen MR) is 62.2 cm³/mol. The van der Waals surface area contributed by atoms with Crippen molar-refractivity contribution < 1.29 is 18.0 Å². The first kappa shape index (κ1) is 13.1. The van der Waals surface area contributed by atoms with Gasteiger partial charge in [0.2, 0.25) is 0 Å². The van der Waals surface area contributed by atoms with Gasteiger partial charge in [-0.3, -0.25) is 4.79 Å². The fourth-order valence-corrected chi connectivity index (χ4v) is 2.02. The molecule has 1 aliphatic rings. The number of halogens is 3. The van der Waals surface area contributed by atoms with Crippen LogP contribution in [0.3, 0.4) is 0 Å². The van der Waals surface area contributed by atoms with Crippen LogP contribution in [-0.2, 0) is 17.4 Å². The number of hydrogen-bond donors (Lipinski definition) is 0. The Labute approximate surface area is 104 Å². The Hall–Kier alpha value is -1.32. The van der Waals surface area contributed by atoms with Crippen molar-refractivity contribution in [2.45, 2.75) is 38.8 Å². The number of benzene rings is 1. The number of aryl methyl sites for hydroxylation is 2. The Morgan fingerprint density at radius 1 is 1.33 bits per heavy atom. The van der Waals surface area contributed by atoms with Crippen LogP contribution in [0.5, 0.6) is 0 Å². The van der Waals surface area contributed by atoms with Crippen molar-refractivity contribution in [2.24, 2.45) is 5.92 Å². The fraction of sp³-hybridized carbons (Fsp3) is 0.500. The van der Waals surface area contributed by atoms with Gasteiger partial charge < -0.3 is 0 Å². The molecular weight excluding hydrogens is 241 g/mol. The summed E-state index contributed by atoms with van der Waals surface area (Å²) in [5.41, 5.74) is 0.808. The van der Waals surface area contributed by atoms with Gasteiger partial charge in [-0.2, -0.15) is 13.2 Å². The quantitative estimate of drug-likeness (QED) is 0.797. The molecule has 1 nitrogen and oxygen atoms in total. The minimum absolute atomic E-state index is 0.222. The molecule has 0 aromatic heterocycles. The molecule has 0 radical (unpaired) electrons. The lowest BCUT2D eigenvalue weighted by atomic mass is 9.99. The van der Waals surface area contributed by atoms with Crippen molar-refractivity contribution in [1.82, 2.24) is 0 Å². The Balaban J connectivity index is 2.03. The molecule has 2 rings (SSSR count). The van der Waals surface area contributed by atoms with E-state index in [1.807, 2.05) is 0 Å². The maximum Gasteiger partial charge on any atom is 0.416 e. The van der Waals surface area contributed by atoms with E-state index in [-0.39, 0.29) is 11.7 Å². The molecule has 0 aliphatic heterocycles. The summed E-state index contributed by atoms with van der Waals surface area (Å²) in [6.07, 6.45) is -1.36. The SMILES string of the molecule is Cc1cc(C(F)(F)F)ccc1CCC(=O)C1CC1. The summed E-state index contributed by atoms with van der Waals surface area (Å²) in [6.45, 7) is 1.66. The lowest BCUT2D eigenvalue weighted by molar-refractivity contribution is -0.137. The first-order valence-electron chi connectivity index (χ1n) is 6.07. The van der Waals surface area contributed by atoms with Crippen LogP contribution in [0, 0.1) is 12.8 Å². The second-order valence-electron chi connectivity index (χ2n) is 4.88. The highest BCUT2D eigenvalue weighted by atomic mass is 19.4. The molecule has 98 valence electrons. The van der Waals surface area contributed by atoms with Crippen LogP contribution >= 0.6 is 0 Å². The topological polar surface area (TPSA) is 17.1 Å². The third-order valence-corrected chi connectivity index (χ3v) is 3.34. The van der Waals surface area contributed by atoms with E-state index in [1.165, 1.54) is 6.07 Å². The highest BCUT2D eigenvalue weighted by Crippen LogP contribution is 2.32. The number of carbonyl (C=O) groups is 1. The van der Waals surface area contributed by atoms with E-state index < -0.39 is 11.7 Å². The zero-order chi connectivity index (χ0) is 13.3. The van der Waals surface area contributed by atoms with Gasteiger partial charge in [0.15, 0.2) is 0 Å². The standard InChI is InChI=1S/C14H15F3O/c1-9-8-12(14(15,16)17)6-4-10(9)5-7-13(18)11-2-3-11/h4,6,8,11H,2-3,5,7H2,1H3. The van der Waals surface area contributed by atoms with Crippen LogP contribution in [-0.4, -0.2) is 5.78 Å². The smallest absolute Gasteiger partial charge is 0.299 e. The van der Waals surface area contributed by atoms with Gasteiger partial charge in [0, 0.05) is 12.3 Å². The summed E-state index contributed by atoms with van der Waals surface area (Å²) >= 11 is 0. The number of carbonyl (C=O) groups excluding carboxylic acids is 1. The molecule has 1 aromatic rings. The van der Waals surface area contributed by atoms with Crippen molar-refractivity contribution in [2.75, 3.05) is 0 Å². The van der Waals surface area contributed by atoms with Gasteiger partial charge in [-0.1, -0.05) is 6.07 Å². The van der Waals surface area contributed by atoms with Crippen molar-refractivity contribution >= 4 is 5.78 Å². The molecule has 0 spiro atoms. The molecule has 1 aromatic carbocycles. The monoisotopic (exact) mass is 256 g/mol. The Bertz CT molecular complexity index is 459. The van der Waals surface area contributed by atoms with Gasteiger partial charge in [0.25, 0.3) is 0 Å². The van der Waals surface area contributed by atoms with Crippen molar-refractivity contribution in [1.29, 1.82) is 0 Å². The molecule has 1 saturated carbocycles. The molecule has 0 saturated heterocycles. The maximum atomic E-state index is 12.5. The molecule has 1 fully saturated rings. The number of rotatable bonds is 4. The van der Waals surface area contributed by atoms with Gasteiger partial charge in [-0.15, -0.1) is 0 Å². The predicted octanol–water partition coefficient (Wildman–Crippen LogP) is 3.93. The van der Waals surface area contributed by atoms with E-state index in [0.29, 0.717) is 18.4 Å². The lowest BCUT2D eigenvalue weighted by Gasteiger charge is -2.10. The van der Waals surface area contributed by atoms with Crippen LogP contribution < -0.4 is 0 Å². The van der Waals surface area contributed by atoms with E-state index in [4.69, 9.17) is 0 Å². The molecule has 1 aliphatic carbocycles. The van der Waals surface area contributed by atoms with E-state index in [1.54, 1.807) is 6.92 Å². The van der Waals surface area contributed by atoms with Crippen molar-refractivity contribution in [3.8, 4) is 0 Å². The van der Waals surface area contributed by atoms with Crippen LogP contribution in [0.2, 0.25) is 0 Å². The first-order chi connectivity index (χ1) is 8.38. The molecule has 4 heteroatoms. The number of ketones is 1. The number of hydrogen-bond acceptors (Lipinski definition) is 1. The van der Waals surface area contributed by atoms with E-state index in [0.717, 1.165) is 30.5 Å². The van der Waals surface area contributed by atoms with Gasteiger partial charge in [0.05, 0.1) is 5.56 Å². The normalized spacial score (nSPS) is 15.8. The molecule has 0 bridgehead atoms. The lowest BCUT2D eigenvalue weighted by Crippen LogP contribution is -2.07. The summed E-state index contributed by atoms with van der Waals surface area (Å²) in [5.74, 6) is 0.467. The minimum atomic E-state index is -4.30. The first-order valence-corrected chi connectivity index (χ1v) is 6.07. The van der Waals surface area contributed by atoms with Crippen LogP contribution in [0.4, 0.5) is 13.2 Å². The average Bonchev–Trinajstić information content (AvgIpc) is 3.09. The average molecular weight is 256 g/mol. The van der Waals surface area contributed by atoms with Crippen molar-refractivity contribution in [3.05, 3.63) is 34.9 Å². The van der Waals surface area contributed by atoms with Gasteiger partial charge in [-0.25, -0.2) is 0 Å². The van der Waals surface area contributed by atoms with E-state index in [2.05, 4.69) is 0 Å². The van der Waals surface area contributed by atoms with Gasteiger partial charge in [0.1, 0.15) is 5.78 Å². The minimum Gasteiger partial charge on any atom is -0.299 e. The highest BCUT2D eigenvalue weighted by Gasteiger charge is 2.31. The highest BCUT2D eigenvalue weighted by molar-refractivity contribution is 5.83. The maximum absolute atomic E-state index is 12.5. The van der Waals surface area contributed by atoms with Crippen LogP contribution in [0.15, 0.2) is 18.2 Å². The summed E-state index contributed by atoms with van der Waals surface area (Å²) in [7, 11) is 0.